The summed E-state index contributed by atoms with van der Waals surface area (Å²) < 4.78 is 5.45. The van der Waals surface area contributed by atoms with Crippen molar-refractivity contribution in [3.05, 3.63) is 29.8 Å². The molecule has 1 aliphatic heterocycles. The average Bonchev–Trinajstić information content (AvgIpc) is 2.93. The highest BCUT2D eigenvalue weighted by molar-refractivity contribution is 5.69. The number of ether oxygens (including phenoxy) is 1. The van der Waals surface area contributed by atoms with E-state index in [9.17, 15) is 9.90 Å². The van der Waals surface area contributed by atoms with Gasteiger partial charge in [-0.15, -0.1) is 0 Å². The minimum atomic E-state index is -0.756. The highest BCUT2D eigenvalue weighted by Gasteiger charge is 2.37. The van der Waals surface area contributed by atoms with Crippen LogP contribution in [-0.2, 0) is 10.3 Å². The summed E-state index contributed by atoms with van der Waals surface area (Å²) in [6.45, 7) is 6.56. The molecule has 2 rings (SSSR count). The van der Waals surface area contributed by atoms with Crippen molar-refractivity contribution in [1.82, 2.24) is 4.90 Å². The molecule has 0 aromatic heterocycles. The van der Waals surface area contributed by atoms with Crippen LogP contribution in [0.25, 0.3) is 0 Å². The first-order chi connectivity index (χ1) is 9.56. The quantitative estimate of drug-likeness (QED) is 0.868. The van der Waals surface area contributed by atoms with Crippen LogP contribution >= 0.6 is 0 Å². The van der Waals surface area contributed by atoms with E-state index in [0.717, 1.165) is 37.2 Å². The molecule has 1 aliphatic rings. The second kappa shape index (κ2) is 6.27. The van der Waals surface area contributed by atoms with Crippen LogP contribution in [0.2, 0.25) is 0 Å². The Morgan fingerprint density at radius 2 is 1.90 bits per heavy atom. The summed E-state index contributed by atoms with van der Waals surface area (Å²) in [5.41, 5.74) is 0.609. The molecule has 1 atom stereocenters. The topological polar surface area (TPSA) is 49.8 Å². The Hall–Kier alpha value is -1.55. The fraction of sp³-hybridized carbons (Fsp3) is 0.562. The molecule has 4 heteroatoms. The maximum atomic E-state index is 11.3. The van der Waals surface area contributed by atoms with Gasteiger partial charge in [-0.1, -0.05) is 12.1 Å². The third-order valence-corrected chi connectivity index (χ3v) is 4.09. The predicted molar refractivity (Wildman–Crippen MR) is 78.0 cm³/mol. The Bertz CT molecular complexity index is 451. The van der Waals surface area contributed by atoms with Crippen molar-refractivity contribution >= 4 is 5.97 Å². The second-order valence-corrected chi connectivity index (χ2v) is 5.50. The molecule has 1 aromatic carbocycles. The van der Waals surface area contributed by atoms with Crippen molar-refractivity contribution < 1.29 is 14.6 Å². The van der Waals surface area contributed by atoms with Gasteiger partial charge in [0.05, 0.1) is 18.6 Å². The van der Waals surface area contributed by atoms with E-state index in [4.69, 9.17) is 4.74 Å². The van der Waals surface area contributed by atoms with Crippen LogP contribution in [0, 0.1) is 0 Å². The fourth-order valence-electron chi connectivity index (χ4n) is 2.98. The van der Waals surface area contributed by atoms with E-state index in [0.29, 0.717) is 6.61 Å². The zero-order chi connectivity index (χ0) is 14.6. The van der Waals surface area contributed by atoms with Gasteiger partial charge in [0.25, 0.3) is 0 Å². The van der Waals surface area contributed by atoms with Gasteiger partial charge < -0.3 is 9.84 Å². The molecule has 0 radical (unpaired) electrons. The molecule has 1 aromatic rings. The first-order valence-corrected chi connectivity index (χ1v) is 7.26. The lowest BCUT2D eigenvalue weighted by molar-refractivity contribution is -0.140. The minimum absolute atomic E-state index is 0.126. The number of likely N-dealkylation sites (tertiary alicyclic amines) is 1. The van der Waals surface area contributed by atoms with Crippen LogP contribution in [0.1, 0.15) is 38.7 Å². The number of hydrogen-bond acceptors (Lipinski definition) is 3. The third-order valence-electron chi connectivity index (χ3n) is 4.09. The van der Waals surface area contributed by atoms with E-state index in [2.05, 4.69) is 4.90 Å². The molecule has 0 aliphatic carbocycles. The zero-order valence-electron chi connectivity index (χ0n) is 12.3. The lowest BCUT2D eigenvalue weighted by Gasteiger charge is -2.38. The molecule has 0 spiro atoms. The summed E-state index contributed by atoms with van der Waals surface area (Å²) in [6.07, 6.45) is 2.42. The molecule has 0 bridgehead atoms. The molecule has 1 N–H and O–H groups in total. The Kier molecular flexibility index (Phi) is 4.65. The molecule has 1 fully saturated rings. The Balaban J connectivity index is 2.27. The predicted octanol–water partition coefficient (Wildman–Crippen LogP) is 2.87. The van der Waals surface area contributed by atoms with Crippen molar-refractivity contribution in [2.24, 2.45) is 0 Å². The molecule has 0 saturated carbocycles. The summed E-state index contributed by atoms with van der Waals surface area (Å²) in [4.78, 5) is 13.6. The zero-order valence-corrected chi connectivity index (χ0v) is 12.3. The standard InChI is InChI=1S/C16H23NO3/c1-3-20-14-8-6-13(7-9-14)16(2,12-15(18)19)17-10-4-5-11-17/h6-9H,3-5,10-12H2,1-2H3,(H,18,19). The number of benzene rings is 1. The number of carboxylic acid groups (broad SMARTS) is 1. The SMILES string of the molecule is CCOc1ccc(C(C)(CC(=O)O)N2CCCC2)cc1. The smallest absolute Gasteiger partial charge is 0.305 e. The molecule has 1 heterocycles. The molecule has 4 nitrogen and oxygen atoms in total. The minimum Gasteiger partial charge on any atom is -0.494 e. The van der Waals surface area contributed by atoms with Crippen molar-refractivity contribution in [3.63, 3.8) is 0 Å². The van der Waals surface area contributed by atoms with Crippen LogP contribution < -0.4 is 4.74 Å². The highest BCUT2D eigenvalue weighted by atomic mass is 16.5. The van der Waals surface area contributed by atoms with Gasteiger partial charge in [-0.05, 0) is 57.5 Å². The van der Waals surface area contributed by atoms with E-state index in [1.165, 1.54) is 0 Å². The van der Waals surface area contributed by atoms with E-state index in [-0.39, 0.29) is 6.42 Å². The van der Waals surface area contributed by atoms with Gasteiger partial charge >= 0.3 is 5.97 Å². The number of hydrogen-bond donors (Lipinski definition) is 1. The molecule has 1 saturated heterocycles. The van der Waals surface area contributed by atoms with Crippen LogP contribution in [0.3, 0.4) is 0 Å². The summed E-state index contributed by atoms with van der Waals surface area (Å²) in [5.74, 6) is 0.0728. The first kappa shape index (κ1) is 14.9. The summed E-state index contributed by atoms with van der Waals surface area (Å²) >= 11 is 0. The van der Waals surface area contributed by atoms with Crippen molar-refractivity contribution in [3.8, 4) is 5.75 Å². The lowest BCUT2D eigenvalue weighted by atomic mass is 9.87. The van der Waals surface area contributed by atoms with Crippen molar-refractivity contribution in [1.29, 1.82) is 0 Å². The molecule has 0 amide bonds. The van der Waals surface area contributed by atoms with Gasteiger partial charge in [0.2, 0.25) is 0 Å². The Morgan fingerprint density at radius 1 is 1.30 bits per heavy atom. The van der Waals surface area contributed by atoms with Gasteiger partial charge in [0.15, 0.2) is 0 Å². The van der Waals surface area contributed by atoms with Crippen molar-refractivity contribution in [2.45, 2.75) is 38.6 Å². The number of carboxylic acids is 1. The van der Waals surface area contributed by atoms with Crippen molar-refractivity contribution in [2.75, 3.05) is 19.7 Å². The van der Waals surface area contributed by atoms with Gasteiger partial charge in [0, 0.05) is 0 Å². The van der Waals surface area contributed by atoms with E-state index in [1.54, 1.807) is 0 Å². The highest BCUT2D eigenvalue weighted by Crippen LogP contribution is 2.35. The van der Waals surface area contributed by atoms with Crippen LogP contribution in [0.5, 0.6) is 5.75 Å². The largest absolute Gasteiger partial charge is 0.494 e. The van der Waals surface area contributed by atoms with E-state index in [1.807, 2.05) is 38.1 Å². The Morgan fingerprint density at radius 3 is 2.40 bits per heavy atom. The first-order valence-electron chi connectivity index (χ1n) is 7.26. The summed E-state index contributed by atoms with van der Waals surface area (Å²) in [5, 5.41) is 9.26. The van der Waals surface area contributed by atoms with Gasteiger partial charge in [-0.25, -0.2) is 0 Å². The van der Waals surface area contributed by atoms with Crippen LogP contribution in [-0.4, -0.2) is 35.7 Å². The molecular weight excluding hydrogens is 254 g/mol. The third kappa shape index (κ3) is 3.12. The second-order valence-electron chi connectivity index (χ2n) is 5.50. The van der Waals surface area contributed by atoms with Gasteiger partial charge in [-0.3, -0.25) is 9.69 Å². The monoisotopic (exact) mass is 277 g/mol. The molecule has 1 unspecified atom stereocenters. The maximum absolute atomic E-state index is 11.3. The lowest BCUT2D eigenvalue weighted by Crippen LogP contribution is -2.43. The van der Waals surface area contributed by atoms with E-state index >= 15 is 0 Å². The van der Waals surface area contributed by atoms with Crippen LogP contribution in [0.4, 0.5) is 0 Å². The normalized spacial score (nSPS) is 18.7. The fourth-order valence-corrected chi connectivity index (χ4v) is 2.98. The molecule has 110 valence electrons. The Labute approximate surface area is 120 Å². The summed E-state index contributed by atoms with van der Waals surface area (Å²) in [7, 11) is 0. The van der Waals surface area contributed by atoms with Gasteiger partial charge in [-0.2, -0.15) is 0 Å². The number of rotatable bonds is 6. The number of aliphatic carboxylic acids is 1. The maximum Gasteiger partial charge on any atom is 0.305 e. The molecule has 20 heavy (non-hydrogen) atoms. The number of carbonyl (C=O) groups is 1. The summed E-state index contributed by atoms with van der Waals surface area (Å²) in [6, 6.07) is 7.84. The van der Waals surface area contributed by atoms with Crippen LogP contribution in [0.15, 0.2) is 24.3 Å². The molecular formula is C16H23NO3. The van der Waals surface area contributed by atoms with Gasteiger partial charge in [0.1, 0.15) is 5.75 Å². The average molecular weight is 277 g/mol. The number of nitrogens with zero attached hydrogens (tertiary/aromatic N) is 1. The van der Waals surface area contributed by atoms with E-state index < -0.39 is 11.5 Å².